The van der Waals surface area contributed by atoms with Gasteiger partial charge in [0.2, 0.25) is 0 Å². The van der Waals surface area contributed by atoms with Gasteiger partial charge in [-0.3, -0.25) is 6.08 Å². The molecule has 0 radical (unpaired) electrons. The van der Waals surface area contributed by atoms with Gasteiger partial charge in [0.25, 0.3) is 0 Å². The van der Waals surface area contributed by atoms with Crippen molar-refractivity contribution in [2.45, 2.75) is 32.6 Å². The smallest absolute Gasteiger partial charge is 0.0319 e. The summed E-state index contributed by atoms with van der Waals surface area (Å²) in [6.07, 6.45) is 12.5. The molecule has 1 aliphatic rings. The summed E-state index contributed by atoms with van der Waals surface area (Å²) >= 11 is 0. The van der Waals surface area contributed by atoms with Crippen LogP contribution in [0.1, 0.15) is 32.6 Å². The van der Waals surface area contributed by atoms with Crippen molar-refractivity contribution >= 4 is 0 Å². The third-order valence-corrected chi connectivity index (χ3v) is 1.57. The number of allylic oxidation sites excluding steroid dienone is 4. The van der Waals surface area contributed by atoms with Gasteiger partial charge >= 0.3 is 0 Å². The van der Waals surface area contributed by atoms with Gasteiger partial charge in [0, 0.05) is 47.5 Å². The van der Waals surface area contributed by atoms with Gasteiger partial charge < -0.3 is 15.3 Å². The molecule has 0 aromatic carbocycles. The molecule has 0 fully saturated rings. The molecule has 0 aromatic heterocycles. The van der Waals surface area contributed by atoms with Crippen molar-refractivity contribution in [1.82, 2.24) is 0 Å². The predicted molar refractivity (Wildman–Crippen MR) is 64.5 cm³/mol. The fourth-order valence-electron chi connectivity index (χ4n) is 0.989. The molecule has 0 saturated heterocycles. The van der Waals surface area contributed by atoms with Gasteiger partial charge in [-0.05, 0) is 0 Å². The van der Waals surface area contributed by atoms with E-state index in [0.717, 1.165) is 27.8 Å². The first-order chi connectivity index (χ1) is 7.43. The number of aliphatic hydroxyl groups is 3. The second-order valence-electron chi connectivity index (χ2n) is 2.41. The third-order valence-electron chi connectivity index (χ3n) is 1.57. The Morgan fingerprint density at radius 2 is 1.62 bits per heavy atom. The number of hydrogen-bond acceptors (Lipinski definition) is 3. The first-order valence-corrected chi connectivity index (χ1v) is 5.04. The molecule has 0 aliphatic heterocycles. The van der Waals surface area contributed by atoms with E-state index >= 15 is 0 Å². The van der Waals surface area contributed by atoms with Crippen LogP contribution in [0.25, 0.3) is 0 Å². The molecule has 0 heterocycles. The van der Waals surface area contributed by atoms with Gasteiger partial charge in [0.1, 0.15) is 0 Å². The molecule has 0 spiro atoms. The van der Waals surface area contributed by atoms with Crippen LogP contribution in [0.15, 0.2) is 17.7 Å². The summed E-state index contributed by atoms with van der Waals surface area (Å²) in [5.74, 6) is 0. The summed E-state index contributed by atoms with van der Waals surface area (Å²) in [4.78, 5) is 0. The molecule has 1 rings (SSSR count). The molecule has 0 atom stereocenters. The van der Waals surface area contributed by atoms with E-state index in [1.807, 2.05) is 0 Å². The van der Waals surface area contributed by atoms with Gasteiger partial charge in [-0.2, -0.15) is 6.08 Å². The van der Waals surface area contributed by atoms with E-state index in [1.165, 1.54) is 24.8 Å². The van der Waals surface area contributed by atoms with E-state index in [4.69, 9.17) is 15.3 Å². The largest absolute Gasteiger partial charge is 0.400 e. The van der Waals surface area contributed by atoms with Crippen LogP contribution in [0.4, 0.5) is 0 Å². The van der Waals surface area contributed by atoms with Crippen LogP contribution in [-0.2, 0) is 26.2 Å². The SMILES string of the molecule is CCCCC1=[C-]CC=C1.CO.CO.CO.[Zr]. The number of hydrogen-bond donors (Lipinski definition) is 3. The van der Waals surface area contributed by atoms with Crippen molar-refractivity contribution in [3.8, 4) is 0 Å². The summed E-state index contributed by atoms with van der Waals surface area (Å²) in [6, 6.07) is 0. The summed E-state index contributed by atoms with van der Waals surface area (Å²) in [7, 11) is 3.00. The van der Waals surface area contributed by atoms with Crippen LogP contribution in [-0.4, -0.2) is 36.6 Å². The minimum atomic E-state index is 0. The van der Waals surface area contributed by atoms with E-state index in [9.17, 15) is 0 Å². The van der Waals surface area contributed by atoms with Crippen LogP contribution in [0.2, 0.25) is 0 Å². The molecular weight excluding hydrogens is 283 g/mol. The van der Waals surface area contributed by atoms with E-state index in [0.29, 0.717) is 0 Å². The molecule has 4 heteroatoms. The van der Waals surface area contributed by atoms with Crippen LogP contribution in [0, 0.1) is 6.08 Å². The summed E-state index contributed by atoms with van der Waals surface area (Å²) in [5, 5.41) is 21.0. The standard InChI is InChI=1S/C9H13.3CH4O.Zr/c1-2-3-6-9-7-4-5-8-9;3*1-2;/h4,7H,2-3,5-6H2,1H3;3*2H,1H3;/q-1;;;;. The minimum absolute atomic E-state index is 0. The van der Waals surface area contributed by atoms with E-state index < -0.39 is 0 Å². The Hall–Kier alpha value is 0.243. The Labute approximate surface area is 119 Å². The van der Waals surface area contributed by atoms with Crippen molar-refractivity contribution in [2.24, 2.45) is 0 Å². The van der Waals surface area contributed by atoms with Crippen molar-refractivity contribution < 1.29 is 41.5 Å². The Bertz CT molecular complexity index is 145. The van der Waals surface area contributed by atoms with Crippen LogP contribution in [0.3, 0.4) is 0 Å². The topological polar surface area (TPSA) is 60.7 Å². The summed E-state index contributed by atoms with van der Waals surface area (Å²) < 4.78 is 0. The molecular formula is C12H25O3Zr-. The zero-order chi connectivity index (χ0) is 12.5. The average molecular weight is 309 g/mol. The normalized spacial score (nSPS) is 10.3. The van der Waals surface area contributed by atoms with Crippen LogP contribution in [0.5, 0.6) is 0 Å². The van der Waals surface area contributed by atoms with Crippen LogP contribution < -0.4 is 0 Å². The van der Waals surface area contributed by atoms with Gasteiger partial charge in [0.05, 0.1) is 0 Å². The summed E-state index contributed by atoms with van der Waals surface area (Å²) in [5.41, 5.74) is 1.41. The molecule has 3 nitrogen and oxygen atoms in total. The molecule has 0 unspecified atom stereocenters. The molecule has 1 aliphatic carbocycles. The zero-order valence-electron chi connectivity index (χ0n) is 10.8. The molecule has 0 aromatic rings. The Morgan fingerprint density at radius 1 is 1.12 bits per heavy atom. The maximum Gasteiger partial charge on any atom is 0.0319 e. The van der Waals surface area contributed by atoms with Crippen molar-refractivity contribution in [3.05, 3.63) is 23.8 Å². The van der Waals surface area contributed by atoms with Crippen LogP contribution >= 0.6 is 0 Å². The fraction of sp³-hybridized carbons (Fsp3) is 0.667. The zero-order valence-corrected chi connectivity index (χ0v) is 13.3. The van der Waals surface area contributed by atoms with Gasteiger partial charge in [-0.15, -0.1) is 6.42 Å². The van der Waals surface area contributed by atoms with Gasteiger partial charge in [-0.1, -0.05) is 26.2 Å². The first kappa shape index (κ1) is 25.2. The number of rotatable bonds is 3. The van der Waals surface area contributed by atoms with Gasteiger partial charge in [0.15, 0.2) is 0 Å². The molecule has 3 N–H and O–H groups in total. The predicted octanol–water partition coefficient (Wildman–Crippen LogP) is 1.69. The van der Waals surface area contributed by atoms with Gasteiger partial charge in [-0.25, -0.2) is 11.6 Å². The fourth-order valence-corrected chi connectivity index (χ4v) is 0.989. The van der Waals surface area contributed by atoms with Crippen molar-refractivity contribution in [1.29, 1.82) is 0 Å². The second kappa shape index (κ2) is 29.5. The van der Waals surface area contributed by atoms with Crippen molar-refractivity contribution in [3.63, 3.8) is 0 Å². The first-order valence-electron chi connectivity index (χ1n) is 5.04. The van der Waals surface area contributed by atoms with Crippen molar-refractivity contribution in [2.75, 3.05) is 21.3 Å². The Balaban J connectivity index is -0.0000000900. The molecule has 96 valence electrons. The second-order valence-corrected chi connectivity index (χ2v) is 2.41. The van der Waals surface area contributed by atoms with E-state index in [2.05, 4.69) is 25.2 Å². The Morgan fingerprint density at radius 3 is 1.94 bits per heavy atom. The molecule has 0 saturated carbocycles. The average Bonchev–Trinajstić information content (AvgIpc) is 2.87. The maximum absolute atomic E-state index is 7.00. The van der Waals surface area contributed by atoms with E-state index in [-0.39, 0.29) is 26.2 Å². The Kier molecular flexibility index (Phi) is 46.4. The maximum atomic E-state index is 7.00. The minimum Gasteiger partial charge on any atom is -0.400 e. The summed E-state index contributed by atoms with van der Waals surface area (Å²) in [6.45, 7) is 2.22. The molecule has 16 heavy (non-hydrogen) atoms. The monoisotopic (exact) mass is 307 g/mol. The van der Waals surface area contributed by atoms with E-state index in [1.54, 1.807) is 0 Å². The third kappa shape index (κ3) is 19.8. The molecule has 0 amide bonds. The molecule has 0 bridgehead atoms. The number of aliphatic hydroxyl groups excluding tert-OH is 3. The number of unbranched alkanes of at least 4 members (excludes halogenated alkanes) is 1. The quantitative estimate of drug-likeness (QED) is 0.695.